The van der Waals surface area contributed by atoms with Gasteiger partial charge in [-0.1, -0.05) is 23.7 Å². The smallest absolute Gasteiger partial charge is 0.257 e. The van der Waals surface area contributed by atoms with E-state index in [9.17, 15) is 23.6 Å². The van der Waals surface area contributed by atoms with Gasteiger partial charge in [-0.05, 0) is 37.1 Å². The van der Waals surface area contributed by atoms with E-state index in [-0.39, 0.29) is 57.2 Å². The minimum atomic E-state index is -0.789. The van der Waals surface area contributed by atoms with Gasteiger partial charge >= 0.3 is 0 Å². The number of nitrogens with zero attached hydrogens (tertiary/aromatic N) is 1. The van der Waals surface area contributed by atoms with Crippen molar-refractivity contribution in [1.29, 1.82) is 0 Å². The molecule has 2 aliphatic rings. The molecule has 2 atom stereocenters. The van der Waals surface area contributed by atoms with Crippen LogP contribution in [0.1, 0.15) is 23.2 Å². The first-order valence-corrected chi connectivity index (χ1v) is 11.8. The van der Waals surface area contributed by atoms with Crippen molar-refractivity contribution in [1.82, 2.24) is 10.2 Å². The van der Waals surface area contributed by atoms with E-state index in [0.717, 1.165) is 0 Å². The molecule has 0 bridgehead atoms. The van der Waals surface area contributed by atoms with Gasteiger partial charge in [0, 0.05) is 19.1 Å². The number of para-hydroxylation sites is 1. The minimum Gasteiger partial charge on any atom is -0.494 e. The predicted octanol–water partition coefficient (Wildman–Crippen LogP) is 2.92. The summed E-state index contributed by atoms with van der Waals surface area (Å²) < 4.78 is 19.3. The van der Waals surface area contributed by atoms with Crippen molar-refractivity contribution in [3.63, 3.8) is 0 Å². The normalized spacial score (nSPS) is 19.1. The Morgan fingerprint density at radius 1 is 1.06 bits per heavy atom. The first-order valence-electron chi connectivity index (χ1n) is 11.4. The lowest BCUT2D eigenvalue weighted by atomic mass is 9.93. The summed E-state index contributed by atoms with van der Waals surface area (Å²) in [5.41, 5.74) is -1.03. The van der Waals surface area contributed by atoms with E-state index >= 15 is 0 Å². The minimum absolute atomic E-state index is 0.0394. The monoisotopic (exact) mass is 512 g/mol. The van der Waals surface area contributed by atoms with Crippen LogP contribution in [-0.4, -0.2) is 43.0 Å². The van der Waals surface area contributed by atoms with Crippen molar-refractivity contribution < 1.29 is 18.7 Å². The quantitative estimate of drug-likeness (QED) is 0.435. The lowest BCUT2D eigenvalue weighted by molar-refractivity contribution is -0.127. The number of rotatable bonds is 6. The zero-order chi connectivity index (χ0) is 25.6. The molecule has 11 heteroatoms. The van der Waals surface area contributed by atoms with Crippen LogP contribution in [-0.2, 0) is 4.79 Å². The van der Waals surface area contributed by atoms with Crippen LogP contribution in [0.2, 0.25) is 5.02 Å². The van der Waals surface area contributed by atoms with Gasteiger partial charge in [-0.3, -0.25) is 19.2 Å². The summed E-state index contributed by atoms with van der Waals surface area (Å²) in [6, 6.07) is 8.71. The van der Waals surface area contributed by atoms with Crippen LogP contribution >= 0.6 is 11.6 Å². The zero-order valence-corrected chi connectivity index (χ0v) is 19.9. The van der Waals surface area contributed by atoms with E-state index in [1.54, 1.807) is 23.1 Å². The van der Waals surface area contributed by atoms with Crippen LogP contribution in [0.4, 0.5) is 27.1 Å². The summed E-state index contributed by atoms with van der Waals surface area (Å²) in [5, 5.41) is 8.22. The number of ether oxygens (including phenoxy) is 1. The lowest BCUT2D eigenvalue weighted by Crippen LogP contribution is -2.48. The summed E-state index contributed by atoms with van der Waals surface area (Å²) in [6.45, 7) is 0.959. The van der Waals surface area contributed by atoms with Gasteiger partial charge in [-0.25, -0.2) is 4.39 Å². The average Bonchev–Trinajstić information content (AvgIpc) is 3.33. The third kappa shape index (κ3) is 3.87. The average molecular weight is 513 g/mol. The molecular formula is C25H22ClFN4O5. The fourth-order valence-corrected chi connectivity index (χ4v) is 5.09. The maximum absolute atomic E-state index is 13.8. The highest BCUT2D eigenvalue weighted by atomic mass is 35.5. The number of likely N-dealkylation sites (tertiary alicyclic amines) is 1. The van der Waals surface area contributed by atoms with Gasteiger partial charge in [0.2, 0.25) is 5.91 Å². The van der Waals surface area contributed by atoms with Crippen LogP contribution in [0.5, 0.6) is 5.75 Å². The van der Waals surface area contributed by atoms with Crippen LogP contribution < -0.4 is 31.5 Å². The number of carbonyl (C=O) groups excluding carboxylic acids is 2. The SMILES string of the molecule is COc1c(Nc2c(Nc3cccc(F)c3Cl)c(=O)c2=O)cccc1C(=O)N1CCC2C(=O)NCCC21. The van der Waals surface area contributed by atoms with Gasteiger partial charge in [0.1, 0.15) is 17.2 Å². The Morgan fingerprint density at radius 2 is 1.72 bits per heavy atom. The van der Waals surface area contributed by atoms with Crippen LogP contribution in [0.25, 0.3) is 0 Å². The largest absolute Gasteiger partial charge is 0.494 e. The topological polar surface area (TPSA) is 117 Å². The molecule has 0 saturated carbocycles. The molecule has 2 aliphatic heterocycles. The molecule has 5 rings (SSSR count). The van der Waals surface area contributed by atoms with Gasteiger partial charge in [0.05, 0.1) is 35.0 Å². The third-order valence-corrected chi connectivity index (χ3v) is 7.10. The highest BCUT2D eigenvalue weighted by Crippen LogP contribution is 2.37. The highest BCUT2D eigenvalue weighted by molar-refractivity contribution is 6.33. The number of piperidine rings is 1. The number of hydrogen-bond donors (Lipinski definition) is 3. The highest BCUT2D eigenvalue weighted by Gasteiger charge is 2.43. The van der Waals surface area contributed by atoms with Gasteiger partial charge in [-0.15, -0.1) is 0 Å². The summed E-state index contributed by atoms with van der Waals surface area (Å²) in [7, 11) is 1.39. The molecule has 3 aromatic carbocycles. The molecule has 3 N–H and O–H groups in total. The summed E-state index contributed by atoms with van der Waals surface area (Å²) in [6.07, 6.45) is 1.26. The Kier molecular flexibility index (Phi) is 6.13. The summed E-state index contributed by atoms with van der Waals surface area (Å²) in [4.78, 5) is 52.0. The number of anilines is 4. The van der Waals surface area contributed by atoms with Gasteiger partial charge < -0.3 is 25.6 Å². The second kappa shape index (κ2) is 9.27. The molecule has 0 aliphatic carbocycles. The second-order valence-electron chi connectivity index (χ2n) is 8.69. The van der Waals surface area contributed by atoms with E-state index in [1.165, 1.54) is 25.3 Å². The zero-order valence-electron chi connectivity index (χ0n) is 19.2. The van der Waals surface area contributed by atoms with Crippen molar-refractivity contribution in [2.75, 3.05) is 30.8 Å². The fourth-order valence-electron chi connectivity index (χ4n) is 4.92. The molecule has 9 nitrogen and oxygen atoms in total. The molecule has 2 unspecified atom stereocenters. The predicted molar refractivity (Wildman–Crippen MR) is 133 cm³/mol. The maximum atomic E-state index is 13.8. The van der Waals surface area contributed by atoms with E-state index in [4.69, 9.17) is 16.3 Å². The van der Waals surface area contributed by atoms with Crippen molar-refractivity contribution in [3.05, 3.63) is 73.2 Å². The van der Waals surface area contributed by atoms with E-state index < -0.39 is 16.7 Å². The fraction of sp³-hybridized carbons (Fsp3) is 0.280. The van der Waals surface area contributed by atoms with Crippen molar-refractivity contribution in [2.45, 2.75) is 18.9 Å². The van der Waals surface area contributed by atoms with E-state index in [1.807, 2.05) is 0 Å². The Balaban J connectivity index is 1.44. The molecule has 0 spiro atoms. The third-order valence-electron chi connectivity index (χ3n) is 6.71. The van der Waals surface area contributed by atoms with Crippen LogP contribution in [0.3, 0.4) is 0 Å². The number of hydrogen-bond acceptors (Lipinski definition) is 7. The first kappa shape index (κ1) is 23.8. The number of amides is 2. The first-order chi connectivity index (χ1) is 17.3. The Hall–Kier alpha value is -3.92. The molecule has 2 fully saturated rings. The van der Waals surface area contributed by atoms with Gasteiger partial charge in [0.25, 0.3) is 16.8 Å². The molecule has 3 aromatic rings. The molecule has 0 radical (unpaired) electrons. The second-order valence-corrected chi connectivity index (χ2v) is 9.06. The molecule has 36 heavy (non-hydrogen) atoms. The number of nitrogens with one attached hydrogen (secondary N) is 3. The summed E-state index contributed by atoms with van der Waals surface area (Å²) in [5.74, 6) is -1.05. The Labute approximate surface area is 209 Å². The number of methoxy groups -OCH3 is 1. The molecule has 2 saturated heterocycles. The molecular weight excluding hydrogens is 491 g/mol. The van der Waals surface area contributed by atoms with Crippen molar-refractivity contribution in [2.24, 2.45) is 5.92 Å². The molecule has 186 valence electrons. The Bertz CT molecular complexity index is 1450. The van der Waals surface area contributed by atoms with Gasteiger partial charge in [0.15, 0.2) is 5.75 Å². The molecule has 2 heterocycles. The van der Waals surface area contributed by atoms with Crippen LogP contribution in [0, 0.1) is 11.7 Å². The van der Waals surface area contributed by atoms with Crippen LogP contribution in [0.15, 0.2) is 46.0 Å². The van der Waals surface area contributed by atoms with Crippen molar-refractivity contribution in [3.8, 4) is 5.75 Å². The standard InChI is InChI=1S/C25H22ClFN4O5/c1-36-23-13(25(35)31-11-9-12-17(31)8-10-28-24(12)34)4-2-7-16(23)30-20-19(21(32)22(20)33)29-15-6-3-5-14(27)18(15)26/h2-7,12,17,29-30H,8-11H2,1H3,(H,28,34). The summed E-state index contributed by atoms with van der Waals surface area (Å²) >= 11 is 5.97. The van der Waals surface area contributed by atoms with Gasteiger partial charge in [-0.2, -0.15) is 0 Å². The van der Waals surface area contributed by atoms with E-state index in [2.05, 4.69) is 16.0 Å². The lowest BCUT2D eigenvalue weighted by Gasteiger charge is -2.31. The number of halogens is 2. The maximum Gasteiger partial charge on any atom is 0.257 e. The Morgan fingerprint density at radius 3 is 2.44 bits per heavy atom. The van der Waals surface area contributed by atoms with Crippen molar-refractivity contribution >= 4 is 46.2 Å². The molecule has 0 aromatic heterocycles. The number of benzene rings is 2. The molecule has 2 amide bonds. The van der Waals surface area contributed by atoms with E-state index in [0.29, 0.717) is 31.6 Å². The number of carbonyl (C=O) groups is 2. The number of fused-ring (bicyclic) bond motifs is 1.